The highest BCUT2D eigenvalue weighted by Gasteiger charge is 2.07. The Morgan fingerprint density at radius 3 is 2.88 bits per heavy atom. The zero-order valence-corrected chi connectivity index (χ0v) is 9.18. The quantitative estimate of drug-likeness (QED) is 0.722. The Kier molecular flexibility index (Phi) is 2.16. The Morgan fingerprint density at radius 1 is 1.19 bits per heavy atom. The van der Waals surface area contributed by atoms with Crippen LogP contribution in [0.1, 0.15) is 5.69 Å². The average molecular weight is 231 g/mol. The van der Waals surface area contributed by atoms with Crippen LogP contribution in [0.5, 0.6) is 0 Å². The van der Waals surface area contributed by atoms with Gasteiger partial charge in [-0.2, -0.15) is 0 Å². The largest absolute Gasteiger partial charge is 0.325 e. The number of hydrogen-bond acceptors (Lipinski definition) is 5. The zero-order valence-electron chi connectivity index (χ0n) is 8.37. The predicted octanol–water partition coefficient (Wildman–Crippen LogP) is 1.31. The SMILES string of the molecule is NCc1cnc(-c2cnc3sccn23)cn1. The molecule has 3 heterocycles. The molecule has 6 heteroatoms. The smallest absolute Gasteiger partial charge is 0.194 e. The van der Waals surface area contributed by atoms with E-state index in [0.29, 0.717) is 6.54 Å². The van der Waals surface area contributed by atoms with Crippen molar-refractivity contribution in [1.29, 1.82) is 0 Å². The van der Waals surface area contributed by atoms with E-state index in [0.717, 1.165) is 22.0 Å². The first kappa shape index (κ1) is 9.44. The number of thiazole rings is 1. The van der Waals surface area contributed by atoms with E-state index in [1.54, 1.807) is 29.9 Å². The van der Waals surface area contributed by atoms with Crippen molar-refractivity contribution in [3.63, 3.8) is 0 Å². The Balaban J connectivity index is 2.12. The van der Waals surface area contributed by atoms with Gasteiger partial charge in [-0.15, -0.1) is 11.3 Å². The number of imidazole rings is 1. The minimum absolute atomic E-state index is 0.410. The van der Waals surface area contributed by atoms with Crippen LogP contribution in [-0.4, -0.2) is 19.4 Å². The van der Waals surface area contributed by atoms with Crippen LogP contribution in [-0.2, 0) is 6.54 Å². The zero-order chi connectivity index (χ0) is 11.0. The molecule has 0 amide bonds. The normalized spacial score (nSPS) is 11.1. The molecule has 0 aliphatic carbocycles. The molecular weight excluding hydrogens is 222 g/mol. The molecule has 3 aromatic rings. The summed E-state index contributed by atoms with van der Waals surface area (Å²) in [6, 6.07) is 0. The lowest BCUT2D eigenvalue weighted by Crippen LogP contribution is -2.00. The number of hydrogen-bond donors (Lipinski definition) is 1. The van der Waals surface area contributed by atoms with E-state index in [4.69, 9.17) is 5.73 Å². The molecule has 0 aliphatic rings. The van der Waals surface area contributed by atoms with Crippen molar-refractivity contribution >= 4 is 16.3 Å². The maximum atomic E-state index is 5.47. The van der Waals surface area contributed by atoms with E-state index >= 15 is 0 Å². The molecule has 0 fully saturated rings. The Labute approximate surface area is 95.6 Å². The summed E-state index contributed by atoms with van der Waals surface area (Å²) < 4.78 is 2.00. The van der Waals surface area contributed by atoms with Crippen molar-refractivity contribution < 1.29 is 0 Å². The molecule has 0 aliphatic heterocycles. The molecule has 0 atom stereocenters. The molecular formula is C10H9N5S. The van der Waals surface area contributed by atoms with Gasteiger partial charge in [0, 0.05) is 18.1 Å². The van der Waals surface area contributed by atoms with Crippen LogP contribution in [0.4, 0.5) is 0 Å². The summed E-state index contributed by atoms with van der Waals surface area (Å²) >= 11 is 1.59. The number of aromatic nitrogens is 4. The second-order valence-electron chi connectivity index (χ2n) is 3.30. The first-order valence-corrected chi connectivity index (χ1v) is 5.68. The predicted molar refractivity (Wildman–Crippen MR) is 62.0 cm³/mol. The highest BCUT2D eigenvalue weighted by molar-refractivity contribution is 7.15. The molecule has 80 valence electrons. The molecule has 5 nitrogen and oxygen atoms in total. The number of fused-ring (bicyclic) bond motifs is 1. The van der Waals surface area contributed by atoms with Crippen molar-refractivity contribution in [2.75, 3.05) is 0 Å². The number of nitrogens with zero attached hydrogens (tertiary/aromatic N) is 4. The van der Waals surface area contributed by atoms with Crippen LogP contribution in [0.2, 0.25) is 0 Å². The summed E-state index contributed by atoms with van der Waals surface area (Å²) in [5, 5.41) is 1.99. The third kappa shape index (κ3) is 1.39. The third-order valence-corrected chi connectivity index (χ3v) is 3.09. The molecule has 3 aromatic heterocycles. The van der Waals surface area contributed by atoms with Gasteiger partial charge in [0.1, 0.15) is 5.69 Å². The van der Waals surface area contributed by atoms with Crippen LogP contribution < -0.4 is 5.73 Å². The van der Waals surface area contributed by atoms with Crippen molar-refractivity contribution in [3.8, 4) is 11.4 Å². The van der Waals surface area contributed by atoms with Crippen LogP contribution in [0.3, 0.4) is 0 Å². The minimum Gasteiger partial charge on any atom is -0.325 e. The maximum absolute atomic E-state index is 5.47. The third-order valence-electron chi connectivity index (χ3n) is 2.32. The highest BCUT2D eigenvalue weighted by Crippen LogP contribution is 2.20. The van der Waals surface area contributed by atoms with Crippen LogP contribution in [0.15, 0.2) is 30.2 Å². The fourth-order valence-electron chi connectivity index (χ4n) is 1.51. The molecule has 0 bridgehead atoms. The number of rotatable bonds is 2. The second kappa shape index (κ2) is 3.66. The monoisotopic (exact) mass is 231 g/mol. The molecule has 0 saturated carbocycles. The molecule has 0 spiro atoms. The molecule has 3 rings (SSSR count). The Bertz CT molecular complexity index is 609. The van der Waals surface area contributed by atoms with Gasteiger partial charge in [0.25, 0.3) is 0 Å². The van der Waals surface area contributed by atoms with Gasteiger partial charge < -0.3 is 5.73 Å². The van der Waals surface area contributed by atoms with Crippen molar-refractivity contribution in [2.24, 2.45) is 5.73 Å². The van der Waals surface area contributed by atoms with Gasteiger partial charge in [-0.05, 0) is 0 Å². The van der Waals surface area contributed by atoms with Crippen molar-refractivity contribution in [1.82, 2.24) is 19.4 Å². The van der Waals surface area contributed by atoms with Gasteiger partial charge >= 0.3 is 0 Å². The maximum Gasteiger partial charge on any atom is 0.194 e. The second-order valence-corrected chi connectivity index (χ2v) is 4.17. The van der Waals surface area contributed by atoms with E-state index in [-0.39, 0.29) is 0 Å². The van der Waals surface area contributed by atoms with Crippen LogP contribution >= 0.6 is 11.3 Å². The van der Waals surface area contributed by atoms with Gasteiger partial charge in [0.15, 0.2) is 4.96 Å². The van der Waals surface area contributed by atoms with Gasteiger partial charge in [0.05, 0.1) is 30.0 Å². The van der Waals surface area contributed by atoms with Crippen molar-refractivity contribution in [3.05, 3.63) is 35.9 Å². The lowest BCUT2D eigenvalue weighted by Gasteiger charge is -1.99. The summed E-state index contributed by atoms with van der Waals surface area (Å²) in [5.41, 5.74) is 8.02. The van der Waals surface area contributed by atoms with Gasteiger partial charge in [0.2, 0.25) is 0 Å². The summed E-state index contributed by atoms with van der Waals surface area (Å²) in [6.45, 7) is 0.410. The number of nitrogens with two attached hydrogens (primary N) is 1. The highest BCUT2D eigenvalue weighted by atomic mass is 32.1. The fraction of sp³-hybridized carbons (Fsp3) is 0.100. The fourth-order valence-corrected chi connectivity index (χ4v) is 2.20. The van der Waals surface area contributed by atoms with E-state index < -0.39 is 0 Å². The Morgan fingerprint density at radius 2 is 2.12 bits per heavy atom. The summed E-state index contributed by atoms with van der Waals surface area (Å²) in [7, 11) is 0. The van der Waals surface area contributed by atoms with E-state index in [1.165, 1.54) is 0 Å². The van der Waals surface area contributed by atoms with E-state index in [1.807, 2.05) is 16.0 Å². The molecule has 0 radical (unpaired) electrons. The minimum atomic E-state index is 0.410. The molecule has 0 aromatic carbocycles. The summed E-state index contributed by atoms with van der Waals surface area (Å²) in [6.07, 6.45) is 7.20. The topological polar surface area (TPSA) is 69.1 Å². The standard InChI is InChI=1S/C10H9N5S/c11-3-7-4-13-8(5-12-7)9-6-14-10-15(9)1-2-16-10/h1-2,4-6H,3,11H2. The van der Waals surface area contributed by atoms with Crippen molar-refractivity contribution in [2.45, 2.75) is 6.54 Å². The molecule has 2 N–H and O–H groups in total. The van der Waals surface area contributed by atoms with Gasteiger partial charge in [-0.1, -0.05) is 0 Å². The van der Waals surface area contributed by atoms with Gasteiger partial charge in [-0.25, -0.2) is 4.98 Å². The van der Waals surface area contributed by atoms with E-state index in [9.17, 15) is 0 Å². The lowest BCUT2D eigenvalue weighted by molar-refractivity contribution is 0.963. The van der Waals surface area contributed by atoms with Gasteiger partial charge in [-0.3, -0.25) is 14.4 Å². The van der Waals surface area contributed by atoms with E-state index in [2.05, 4.69) is 15.0 Å². The average Bonchev–Trinajstić information content (AvgIpc) is 2.91. The van der Waals surface area contributed by atoms with Crippen LogP contribution in [0.25, 0.3) is 16.3 Å². The Hall–Kier alpha value is -1.79. The lowest BCUT2D eigenvalue weighted by atomic mass is 10.3. The summed E-state index contributed by atoms with van der Waals surface area (Å²) in [5.74, 6) is 0. The summed E-state index contributed by atoms with van der Waals surface area (Å²) in [4.78, 5) is 13.8. The van der Waals surface area contributed by atoms with Crippen LogP contribution in [0, 0.1) is 0 Å². The molecule has 0 unspecified atom stereocenters. The first-order chi connectivity index (χ1) is 7.88. The molecule has 16 heavy (non-hydrogen) atoms. The molecule has 0 saturated heterocycles. The first-order valence-electron chi connectivity index (χ1n) is 4.80.